The van der Waals surface area contributed by atoms with Gasteiger partial charge in [0.15, 0.2) is 0 Å². The number of phosphoric ester groups is 1. The Labute approximate surface area is 58.4 Å². The molecule has 4 nitrogen and oxygen atoms in total. The average molecular weight is 160 g/mol. The summed E-state index contributed by atoms with van der Waals surface area (Å²) in [6.45, 7) is -0.0844. The van der Waals surface area contributed by atoms with Gasteiger partial charge in [0, 0.05) is 0 Å². The molecule has 0 amide bonds. The van der Waals surface area contributed by atoms with Crippen molar-refractivity contribution in [2.75, 3.05) is 6.61 Å². The molecule has 1 aliphatic heterocycles. The van der Waals surface area contributed by atoms with Crippen molar-refractivity contribution in [3.8, 4) is 12.3 Å². The van der Waals surface area contributed by atoms with Gasteiger partial charge in [0.25, 0.3) is 0 Å². The lowest BCUT2D eigenvalue weighted by molar-refractivity contribution is 0.222. The van der Waals surface area contributed by atoms with Crippen molar-refractivity contribution in [3.05, 3.63) is 12.5 Å². The third-order valence-corrected chi connectivity index (χ3v) is 1.95. The maximum Gasteiger partial charge on any atom is 0.587 e. The zero-order valence-electron chi connectivity index (χ0n) is 5.02. The van der Waals surface area contributed by atoms with Crippen LogP contribution in [0.25, 0.3) is 0 Å². The third kappa shape index (κ3) is 1.53. The van der Waals surface area contributed by atoms with E-state index in [9.17, 15) is 4.57 Å². The SMILES string of the molecule is C#CCOP1(=O)OC=CO1. The van der Waals surface area contributed by atoms with Crippen LogP contribution in [0, 0.1) is 12.3 Å². The minimum atomic E-state index is -3.34. The minimum absolute atomic E-state index is 0.0844. The summed E-state index contributed by atoms with van der Waals surface area (Å²) >= 11 is 0. The summed E-state index contributed by atoms with van der Waals surface area (Å²) in [5, 5.41) is 0. The summed E-state index contributed by atoms with van der Waals surface area (Å²) in [4.78, 5) is 0. The van der Waals surface area contributed by atoms with Gasteiger partial charge in [0.1, 0.15) is 19.1 Å². The van der Waals surface area contributed by atoms with Crippen molar-refractivity contribution in [1.29, 1.82) is 0 Å². The van der Waals surface area contributed by atoms with Crippen LogP contribution < -0.4 is 0 Å². The Kier molecular flexibility index (Phi) is 2.00. The van der Waals surface area contributed by atoms with E-state index in [4.69, 9.17) is 6.42 Å². The van der Waals surface area contributed by atoms with Gasteiger partial charge in [-0.05, 0) is 0 Å². The number of phosphoric acid groups is 1. The topological polar surface area (TPSA) is 44.8 Å². The van der Waals surface area contributed by atoms with E-state index in [1.807, 2.05) is 0 Å². The lowest BCUT2D eigenvalue weighted by atomic mass is 10.8. The predicted octanol–water partition coefficient (Wildman–Crippen LogP) is 1.26. The van der Waals surface area contributed by atoms with Crippen molar-refractivity contribution in [2.24, 2.45) is 0 Å². The summed E-state index contributed by atoms with van der Waals surface area (Å²) in [5.74, 6) is 2.14. The summed E-state index contributed by atoms with van der Waals surface area (Å²) in [5.41, 5.74) is 0. The van der Waals surface area contributed by atoms with Gasteiger partial charge in [0.05, 0.1) is 0 Å². The molecule has 0 bridgehead atoms. The second-order valence-electron chi connectivity index (χ2n) is 1.41. The molecule has 1 rings (SSSR count). The Balaban J connectivity index is 2.41. The zero-order valence-corrected chi connectivity index (χ0v) is 5.91. The smallest absolute Gasteiger partial charge is 0.400 e. The average Bonchev–Trinajstić information content (AvgIpc) is 2.33. The molecule has 0 unspecified atom stereocenters. The lowest BCUT2D eigenvalue weighted by Gasteiger charge is -2.05. The molecule has 0 fully saturated rings. The van der Waals surface area contributed by atoms with Gasteiger partial charge in [-0.25, -0.2) is 4.57 Å². The van der Waals surface area contributed by atoms with E-state index in [-0.39, 0.29) is 6.61 Å². The fourth-order valence-corrected chi connectivity index (χ4v) is 1.20. The summed E-state index contributed by atoms with van der Waals surface area (Å²) < 4.78 is 24.5. The number of hydrogen-bond acceptors (Lipinski definition) is 4. The van der Waals surface area contributed by atoms with Gasteiger partial charge in [-0.1, -0.05) is 5.92 Å². The predicted molar refractivity (Wildman–Crippen MR) is 33.7 cm³/mol. The number of terminal acetylenes is 1. The van der Waals surface area contributed by atoms with Crippen LogP contribution in [0.4, 0.5) is 0 Å². The van der Waals surface area contributed by atoms with E-state index in [0.717, 1.165) is 12.5 Å². The standard InChI is InChI=1S/C5H5O4P/c1-2-3-7-10(6)8-4-5-9-10/h1,4-5H,3H2. The van der Waals surface area contributed by atoms with Gasteiger partial charge >= 0.3 is 7.82 Å². The van der Waals surface area contributed by atoms with Gasteiger partial charge < -0.3 is 9.05 Å². The fraction of sp³-hybridized carbons (Fsp3) is 0.200. The molecule has 10 heavy (non-hydrogen) atoms. The molecule has 54 valence electrons. The normalized spacial score (nSPS) is 19.1. The summed E-state index contributed by atoms with van der Waals surface area (Å²) in [6, 6.07) is 0. The molecule has 0 aromatic carbocycles. The van der Waals surface area contributed by atoms with Crippen LogP contribution in [-0.4, -0.2) is 6.61 Å². The molecule has 0 saturated carbocycles. The molecule has 0 radical (unpaired) electrons. The van der Waals surface area contributed by atoms with Crippen molar-refractivity contribution in [2.45, 2.75) is 0 Å². The van der Waals surface area contributed by atoms with Gasteiger partial charge in [-0.2, -0.15) is 0 Å². The van der Waals surface area contributed by atoms with E-state index in [1.165, 1.54) is 0 Å². The van der Waals surface area contributed by atoms with Crippen molar-refractivity contribution >= 4 is 7.82 Å². The molecule has 0 aliphatic carbocycles. The van der Waals surface area contributed by atoms with Crippen LogP contribution in [0.1, 0.15) is 0 Å². The molecule has 0 atom stereocenters. The minimum Gasteiger partial charge on any atom is -0.400 e. The Morgan fingerprint density at radius 2 is 2.20 bits per heavy atom. The Bertz CT molecular complexity index is 214. The molecule has 5 heteroatoms. The second-order valence-corrected chi connectivity index (χ2v) is 2.98. The van der Waals surface area contributed by atoms with Crippen LogP contribution in [0.3, 0.4) is 0 Å². The molecule has 0 N–H and O–H groups in total. The van der Waals surface area contributed by atoms with Crippen molar-refractivity contribution in [3.63, 3.8) is 0 Å². The highest BCUT2D eigenvalue weighted by Gasteiger charge is 2.30. The number of rotatable bonds is 2. The second kappa shape index (κ2) is 2.78. The van der Waals surface area contributed by atoms with E-state index in [1.54, 1.807) is 0 Å². The summed E-state index contributed by atoms with van der Waals surface area (Å²) in [7, 11) is -3.34. The lowest BCUT2D eigenvalue weighted by Crippen LogP contribution is -1.89. The van der Waals surface area contributed by atoms with E-state index < -0.39 is 7.82 Å². The molecule has 1 heterocycles. The van der Waals surface area contributed by atoms with Crippen LogP contribution in [-0.2, 0) is 18.1 Å². The maximum atomic E-state index is 10.9. The molecular formula is C5H5O4P. The first kappa shape index (κ1) is 7.20. The quantitative estimate of drug-likeness (QED) is 0.450. The van der Waals surface area contributed by atoms with Crippen molar-refractivity contribution in [1.82, 2.24) is 0 Å². The molecule has 0 saturated heterocycles. The van der Waals surface area contributed by atoms with Gasteiger partial charge in [0.2, 0.25) is 0 Å². The molecule has 0 aromatic heterocycles. The first-order valence-electron chi connectivity index (χ1n) is 2.47. The first-order chi connectivity index (χ1) is 4.77. The molecular weight excluding hydrogens is 155 g/mol. The van der Waals surface area contributed by atoms with Crippen LogP contribution in [0.15, 0.2) is 12.5 Å². The molecule has 0 spiro atoms. The van der Waals surface area contributed by atoms with Gasteiger partial charge in [-0.3, -0.25) is 4.52 Å². The highest BCUT2D eigenvalue weighted by molar-refractivity contribution is 7.48. The maximum absolute atomic E-state index is 10.9. The van der Waals surface area contributed by atoms with Crippen LogP contribution in [0.2, 0.25) is 0 Å². The van der Waals surface area contributed by atoms with Gasteiger partial charge in [-0.15, -0.1) is 6.42 Å². The molecule has 1 aliphatic rings. The van der Waals surface area contributed by atoms with E-state index in [2.05, 4.69) is 19.5 Å². The summed E-state index contributed by atoms with van der Waals surface area (Å²) in [6.07, 6.45) is 7.14. The third-order valence-electron chi connectivity index (χ3n) is 0.741. The Morgan fingerprint density at radius 3 is 2.70 bits per heavy atom. The largest absolute Gasteiger partial charge is 0.587 e. The monoisotopic (exact) mass is 160 g/mol. The Hall–Kier alpha value is -0.910. The Morgan fingerprint density at radius 1 is 1.60 bits per heavy atom. The zero-order chi connectivity index (χ0) is 7.45. The van der Waals surface area contributed by atoms with Crippen LogP contribution in [0.5, 0.6) is 0 Å². The fourth-order valence-electron chi connectivity index (χ4n) is 0.401. The highest BCUT2D eigenvalue weighted by atomic mass is 31.2. The molecule has 0 aromatic rings. The van der Waals surface area contributed by atoms with Crippen molar-refractivity contribution < 1.29 is 18.1 Å². The van der Waals surface area contributed by atoms with E-state index >= 15 is 0 Å². The van der Waals surface area contributed by atoms with Crippen LogP contribution >= 0.6 is 7.82 Å². The number of hydrogen-bond donors (Lipinski definition) is 0. The van der Waals surface area contributed by atoms with E-state index in [0.29, 0.717) is 0 Å². The first-order valence-corrected chi connectivity index (χ1v) is 3.93. The highest BCUT2D eigenvalue weighted by Crippen LogP contribution is 2.52.